The van der Waals surface area contributed by atoms with E-state index in [2.05, 4.69) is 10.3 Å². The summed E-state index contributed by atoms with van der Waals surface area (Å²) in [6.07, 6.45) is 8.33. The monoisotopic (exact) mass is 378 g/mol. The first-order chi connectivity index (χ1) is 13.7. The van der Waals surface area contributed by atoms with Gasteiger partial charge in [0.2, 0.25) is 0 Å². The highest BCUT2D eigenvalue weighted by Crippen LogP contribution is 2.34. The number of aromatic nitrogens is 3. The van der Waals surface area contributed by atoms with Crippen LogP contribution in [0.5, 0.6) is 17.2 Å². The maximum atomic E-state index is 10.4. The van der Waals surface area contributed by atoms with Gasteiger partial charge in [-0.25, -0.2) is 4.68 Å². The molecule has 1 saturated carbocycles. The largest absolute Gasteiger partial charge is 0.504 e. The maximum Gasteiger partial charge on any atom is 0.169 e. The van der Waals surface area contributed by atoms with Crippen LogP contribution in [0.3, 0.4) is 0 Å². The fourth-order valence-electron chi connectivity index (χ4n) is 3.80. The summed E-state index contributed by atoms with van der Waals surface area (Å²) >= 11 is 0. The highest BCUT2D eigenvalue weighted by molar-refractivity contribution is 5.46. The normalized spacial score (nSPS) is 14.9. The molecule has 0 unspecified atom stereocenters. The lowest BCUT2D eigenvalue weighted by molar-refractivity contribution is 0.408. The molecule has 0 amide bonds. The third-order valence-corrected chi connectivity index (χ3v) is 5.36. The molecule has 4 rings (SSSR count). The van der Waals surface area contributed by atoms with E-state index in [9.17, 15) is 5.11 Å². The van der Waals surface area contributed by atoms with Gasteiger partial charge in [0.15, 0.2) is 11.5 Å². The van der Waals surface area contributed by atoms with Crippen LogP contribution in [0.2, 0.25) is 0 Å². The average molecular weight is 378 g/mol. The molecule has 0 atom stereocenters. The number of nitrogens with zero attached hydrogens (tertiary/aromatic N) is 3. The zero-order valence-corrected chi connectivity index (χ0v) is 15.9. The summed E-state index contributed by atoms with van der Waals surface area (Å²) in [7, 11) is 0. The summed E-state index contributed by atoms with van der Waals surface area (Å²) < 4.78 is 7.69. The van der Waals surface area contributed by atoms with Gasteiger partial charge in [-0.1, -0.05) is 48.7 Å². The SMILES string of the molecule is NCc1ccccc1Oc1ccc(Cn2cc(C3CCCCC3)nn2)cc1O. The Morgan fingerprint density at radius 1 is 1.07 bits per heavy atom. The Morgan fingerprint density at radius 3 is 2.68 bits per heavy atom. The molecule has 0 radical (unpaired) electrons. The summed E-state index contributed by atoms with van der Waals surface area (Å²) in [4.78, 5) is 0. The van der Waals surface area contributed by atoms with Gasteiger partial charge in [-0.15, -0.1) is 5.10 Å². The Hall–Kier alpha value is -2.86. The first kappa shape index (κ1) is 18.5. The Kier molecular flexibility index (Phi) is 5.58. The predicted molar refractivity (Wildman–Crippen MR) is 107 cm³/mol. The van der Waals surface area contributed by atoms with Crippen molar-refractivity contribution < 1.29 is 9.84 Å². The number of benzene rings is 2. The molecule has 1 aromatic heterocycles. The lowest BCUT2D eigenvalue weighted by atomic mass is 9.87. The third-order valence-electron chi connectivity index (χ3n) is 5.36. The van der Waals surface area contributed by atoms with E-state index in [1.807, 2.05) is 41.2 Å². The van der Waals surface area contributed by atoms with Gasteiger partial charge in [0, 0.05) is 24.2 Å². The van der Waals surface area contributed by atoms with Crippen molar-refractivity contribution in [2.45, 2.75) is 51.1 Å². The average Bonchev–Trinajstić information content (AvgIpc) is 3.19. The Morgan fingerprint density at radius 2 is 1.89 bits per heavy atom. The molecule has 0 saturated heterocycles. The van der Waals surface area contributed by atoms with Gasteiger partial charge in [-0.3, -0.25) is 0 Å². The number of hydrogen-bond acceptors (Lipinski definition) is 5. The van der Waals surface area contributed by atoms with E-state index < -0.39 is 0 Å². The molecule has 1 fully saturated rings. The van der Waals surface area contributed by atoms with Crippen LogP contribution in [0.4, 0.5) is 0 Å². The molecule has 2 aromatic carbocycles. The fraction of sp³-hybridized carbons (Fsp3) is 0.364. The molecule has 1 aliphatic rings. The second kappa shape index (κ2) is 8.44. The number of phenols is 1. The van der Waals surface area contributed by atoms with E-state index >= 15 is 0 Å². The molecule has 1 aliphatic carbocycles. The Labute approximate surface area is 165 Å². The van der Waals surface area contributed by atoms with Gasteiger partial charge in [0.1, 0.15) is 5.75 Å². The van der Waals surface area contributed by atoms with E-state index in [0.29, 0.717) is 30.5 Å². The van der Waals surface area contributed by atoms with E-state index in [1.54, 1.807) is 12.1 Å². The molecule has 0 spiro atoms. The van der Waals surface area contributed by atoms with Crippen molar-refractivity contribution in [1.29, 1.82) is 0 Å². The van der Waals surface area contributed by atoms with Crippen LogP contribution >= 0.6 is 0 Å². The van der Waals surface area contributed by atoms with Crippen LogP contribution in [0.25, 0.3) is 0 Å². The highest BCUT2D eigenvalue weighted by Gasteiger charge is 2.18. The van der Waals surface area contributed by atoms with Gasteiger partial charge in [-0.05, 0) is 36.6 Å². The number of para-hydroxylation sites is 1. The minimum atomic E-state index is 0.0944. The lowest BCUT2D eigenvalue weighted by Crippen LogP contribution is -2.04. The summed E-state index contributed by atoms with van der Waals surface area (Å²) in [6.45, 7) is 0.942. The summed E-state index contributed by atoms with van der Waals surface area (Å²) in [5.74, 6) is 1.69. The van der Waals surface area contributed by atoms with Gasteiger partial charge < -0.3 is 15.6 Å². The lowest BCUT2D eigenvalue weighted by Gasteiger charge is -2.18. The Balaban J connectivity index is 1.45. The molecule has 6 nitrogen and oxygen atoms in total. The van der Waals surface area contributed by atoms with E-state index in [-0.39, 0.29) is 5.75 Å². The molecule has 0 aliphatic heterocycles. The zero-order valence-electron chi connectivity index (χ0n) is 15.9. The molecular weight excluding hydrogens is 352 g/mol. The maximum absolute atomic E-state index is 10.4. The standard InChI is InChI=1S/C22H26N4O2/c23-13-18-8-4-5-9-21(18)28-22-11-10-16(12-20(22)27)14-26-15-19(24-25-26)17-6-2-1-3-7-17/h4-5,8-12,15,17,27H,1-3,6-7,13-14,23H2. The molecule has 1 heterocycles. The third kappa shape index (κ3) is 4.17. The van der Waals surface area contributed by atoms with E-state index in [0.717, 1.165) is 16.8 Å². The minimum Gasteiger partial charge on any atom is -0.504 e. The number of phenolic OH excluding ortho intramolecular Hbond substituents is 1. The molecule has 146 valence electrons. The topological polar surface area (TPSA) is 86.2 Å². The van der Waals surface area contributed by atoms with Gasteiger partial charge in [0.25, 0.3) is 0 Å². The second-order valence-corrected chi connectivity index (χ2v) is 7.39. The van der Waals surface area contributed by atoms with Crippen molar-refractivity contribution >= 4 is 0 Å². The first-order valence-electron chi connectivity index (χ1n) is 9.90. The van der Waals surface area contributed by atoms with Crippen molar-refractivity contribution in [3.05, 3.63) is 65.5 Å². The molecule has 3 aromatic rings. The smallest absolute Gasteiger partial charge is 0.169 e. The summed E-state index contributed by atoms with van der Waals surface area (Å²) in [5.41, 5.74) is 8.67. The van der Waals surface area contributed by atoms with Gasteiger partial charge in [-0.2, -0.15) is 0 Å². The van der Waals surface area contributed by atoms with E-state index in [1.165, 1.54) is 32.1 Å². The van der Waals surface area contributed by atoms with Gasteiger partial charge >= 0.3 is 0 Å². The highest BCUT2D eigenvalue weighted by atomic mass is 16.5. The molecule has 28 heavy (non-hydrogen) atoms. The molecule has 6 heteroatoms. The zero-order chi connectivity index (χ0) is 19.3. The van der Waals surface area contributed by atoms with Crippen molar-refractivity contribution in [2.75, 3.05) is 0 Å². The minimum absolute atomic E-state index is 0.0944. The second-order valence-electron chi connectivity index (χ2n) is 7.39. The van der Waals surface area contributed by atoms with Crippen molar-refractivity contribution in [3.63, 3.8) is 0 Å². The number of ether oxygens (including phenoxy) is 1. The summed E-state index contributed by atoms with van der Waals surface area (Å²) in [5, 5.41) is 19.0. The number of nitrogens with two attached hydrogens (primary N) is 1. The molecule has 3 N–H and O–H groups in total. The van der Waals surface area contributed by atoms with Crippen LogP contribution in [-0.4, -0.2) is 20.1 Å². The number of aromatic hydroxyl groups is 1. The quantitative estimate of drug-likeness (QED) is 0.667. The van der Waals surface area contributed by atoms with E-state index in [4.69, 9.17) is 10.5 Å². The molecular formula is C22H26N4O2. The summed E-state index contributed by atoms with van der Waals surface area (Å²) in [6, 6.07) is 13.0. The molecule has 0 bridgehead atoms. The van der Waals surface area contributed by atoms with Crippen LogP contribution in [-0.2, 0) is 13.1 Å². The van der Waals surface area contributed by atoms with Crippen LogP contribution in [0.15, 0.2) is 48.7 Å². The van der Waals surface area contributed by atoms with Crippen molar-refractivity contribution in [1.82, 2.24) is 15.0 Å². The first-order valence-corrected chi connectivity index (χ1v) is 9.90. The predicted octanol–water partition coefficient (Wildman–Crippen LogP) is 4.33. The number of rotatable bonds is 6. The van der Waals surface area contributed by atoms with Crippen LogP contribution < -0.4 is 10.5 Å². The van der Waals surface area contributed by atoms with Crippen molar-refractivity contribution in [3.8, 4) is 17.2 Å². The van der Waals surface area contributed by atoms with Gasteiger partial charge in [0.05, 0.1) is 12.2 Å². The fourth-order valence-corrected chi connectivity index (χ4v) is 3.80. The van der Waals surface area contributed by atoms with Crippen LogP contribution in [0.1, 0.15) is 54.8 Å². The van der Waals surface area contributed by atoms with Crippen LogP contribution in [0, 0.1) is 0 Å². The van der Waals surface area contributed by atoms with Crippen molar-refractivity contribution in [2.24, 2.45) is 5.73 Å². The Bertz CT molecular complexity index is 932. The number of hydrogen-bond donors (Lipinski definition) is 2.